The van der Waals surface area contributed by atoms with Gasteiger partial charge < -0.3 is 14.9 Å². The van der Waals surface area contributed by atoms with Crippen molar-refractivity contribution in [3.8, 4) is 5.75 Å². The first-order valence-electron chi connectivity index (χ1n) is 9.16. The Labute approximate surface area is 168 Å². The van der Waals surface area contributed by atoms with E-state index in [1.165, 1.54) is 11.6 Å². The Kier molecular flexibility index (Phi) is 8.57. The number of halogens is 1. The van der Waals surface area contributed by atoms with Crippen LogP contribution in [0, 0.1) is 5.82 Å². The molecule has 1 aliphatic rings. The van der Waals surface area contributed by atoms with Gasteiger partial charge >= 0.3 is 11.9 Å². The van der Waals surface area contributed by atoms with Gasteiger partial charge in [-0.25, -0.2) is 14.0 Å². The molecule has 1 saturated heterocycles. The van der Waals surface area contributed by atoms with Crippen LogP contribution < -0.4 is 4.74 Å². The minimum atomic E-state index is -1.82. The molecule has 0 atom stereocenters. The zero-order chi connectivity index (χ0) is 21.2. The molecule has 0 bridgehead atoms. The lowest BCUT2D eigenvalue weighted by atomic mass is 10.1. The maximum Gasteiger partial charge on any atom is 0.414 e. The predicted molar refractivity (Wildman–Crippen MR) is 105 cm³/mol. The van der Waals surface area contributed by atoms with Gasteiger partial charge in [-0.3, -0.25) is 9.80 Å². The summed E-state index contributed by atoms with van der Waals surface area (Å²) in [5, 5.41) is 14.8. The molecule has 0 aliphatic carbocycles. The highest BCUT2D eigenvalue weighted by molar-refractivity contribution is 6.27. The molecule has 7 nitrogen and oxygen atoms in total. The molecular formula is C21H25FN2O5. The van der Waals surface area contributed by atoms with Gasteiger partial charge in [0.1, 0.15) is 11.6 Å². The SMILES string of the molecule is COc1ccccc1CN1CCN(Cc2cccc(F)c2)CC1.O=C(O)C(=O)O. The van der Waals surface area contributed by atoms with Gasteiger partial charge in [0.25, 0.3) is 0 Å². The lowest BCUT2D eigenvalue weighted by Gasteiger charge is -2.35. The van der Waals surface area contributed by atoms with E-state index in [1.54, 1.807) is 19.2 Å². The summed E-state index contributed by atoms with van der Waals surface area (Å²) >= 11 is 0. The van der Waals surface area contributed by atoms with Crippen molar-refractivity contribution in [2.45, 2.75) is 13.1 Å². The Balaban J connectivity index is 0.000000438. The highest BCUT2D eigenvalue weighted by Gasteiger charge is 2.18. The molecule has 0 aromatic heterocycles. The van der Waals surface area contributed by atoms with E-state index in [0.717, 1.165) is 50.6 Å². The van der Waals surface area contributed by atoms with Crippen LogP contribution in [0.15, 0.2) is 48.5 Å². The van der Waals surface area contributed by atoms with Gasteiger partial charge in [0.05, 0.1) is 7.11 Å². The molecule has 0 amide bonds. The van der Waals surface area contributed by atoms with E-state index in [9.17, 15) is 4.39 Å². The molecule has 0 unspecified atom stereocenters. The van der Waals surface area contributed by atoms with Gasteiger partial charge in [-0.2, -0.15) is 0 Å². The first kappa shape index (κ1) is 22.3. The fourth-order valence-electron chi connectivity index (χ4n) is 3.07. The number of rotatable bonds is 5. The Morgan fingerprint density at radius 2 is 1.52 bits per heavy atom. The maximum absolute atomic E-state index is 13.3. The molecule has 0 spiro atoms. The Morgan fingerprint density at radius 3 is 2.07 bits per heavy atom. The minimum Gasteiger partial charge on any atom is -0.496 e. The monoisotopic (exact) mass is 404 g/mol. The van der Waals surface area contributed by atoms with Crippen molar-refractivity contribution in [2.75, 3.05) is 33.3 Å². The van der Waals surface area contributed by atoms with Crippen molar-refractivity contribution in [1.82, 2.24) is 9.80 Å². The van der Waals surface area contributed by atoms with E-state index in [-0.39, 0.29) is 5.82 Å². The largest absolute Gasteiger partial charge is 0.496 e. The summed E-state index contributed by atoms with van der Waals surface area (Å²) < 4.78 is 18.7. The quantitative estimate of drug-likeness (QED) is 0.739. The number of carboxylic acids is 2. The average molecular weight is 404 g/mol. The first-order chi connectivity index (χ1) is 13.9. The zero-order valence-electron chi connectivity index (χ0n) is 16.3. The standard InChI is InChI=1S/C19H23FN2O.C2H2O4/c1-23-19-8-3-2-6-17(19)15-22-11-9-21(10-12-22)14-16-5-4-7-18(20)13-16;3-1(4)2(5)6/h2-8,13H,9-12,14-15H2,1H3;(H,3,4)(H,5,6). The van der Waals surface area contributed by atoms with Crippen LogP contribution in [0.3, 0.4) is 0 Å². The van der Waals surface area contributed by atoms with Gasteiger partial charge in [-0.05, 0) is 23.8 Å². The third-order valence-electron chi connectivity index (χ3n) is 4.53. The van der Waals surface area contributed by atoms with Gasteiger partial charge in [0.15, 0.2) is 0 Å². The third-order valence-corrected chi connectivity index (χ3v) is 4.53. The summed E-state index contributed by atoms with van der Waals surface area (Å²) in [6.45, 7) is 5.79. The number of piperazine rings is 1. The summed E-state index contributed by atoms with van der Waals surface area (Å²) in [5.41, 5.74) is 2.27. The summed E-state index contributed by atoms with van der Waals surface area (Å²) in [4.78, 5) is 23.0. The van der Waals surface area contributed by atoms with Gasteiger partial charge in [0, 0.05) is 44.8 Å². The number of carboxylic acid groups (broad SMARTS) is 2. The van der Waals surface area contributed by atoms with E-state index in [4.69, 9.17) is 24.5 Å². The maximum atomic E-state index is 13.3. The van der Waals surface area contributed by atoms with Crippen LogP contribution in [0.2, 0.25) is 0 Å². The molecular weight excluding hydrogens is 379 g/mol. The van der Waals surface area contributed by atoms with Crippen molar-refractivity contribution >= 4 is 11.9 Å². The molecule has 8 heteroatoms. The van der Waals surface area contributed by atoms with Crippen molar-refractivity contribution in [2.24, 2.45) is 0 Å². The number of para-hydroxylation sites is 1. The number of nitrogens with zero attached hydrogens (tertiary/aromatic N) is 2. The summed E-state index contributed by atoms with van der Waals surface area (Å²) in [7, 11) is 1.72. The molecule has 2 aromatic rings. The fourth-order valence-corrected chi connectivity index (χ4v) is 3.07. The van der Waals surface area contributed by atoms with Crippen LogP contribution in [-0.4, -0.2) is 65.2 Å². The molecule has 1 fully saturated rings. The Hall–Kier alpha value is -2.97. The van der Waals surface area contributed by atoms with Crippen molar-refractivity contribution < 1.29 is 28.9 Å². The highest BCUT2D eigenvalue weighted by atomic mass is 19.1. The van der Waals surface area contributed by atoms with Gasteiger partial charge in [0.2, 0.25) is 0 Å². The molecule has 0 saturated carbocycles. The van der Waals surface area contributed by atoms with Crippen molar-refractivity contribution in [3.05, 3.63) is 65.5 Å². The van der Waals surface area contributed by atoms with Crippen LogP contribution in [0.25, 0.3) is 0 Å². The molecule has 2 N–H and O–H groups in total. The number of hydrogen-bond donors (Lipinski definition) is 2. The van der Waals surface area contributed by atoms with Crippen LogP contribution in [0.5, 0.6) is 5.75 Å². The molecule has 0 radical (unpaired) electrons. The lowest BCUT2D eigenvalue weighted by molar-refractivity contribution is -0.159. The molecule has 1 heterocycles. The third kappa shape index (κ3) is 7.52. The van der Waals surface area contributed by atoms with Crippen molar-refractivity contribution in [1.29, 1.82) is 0 Å². The second-order valence-corrected chi connectivity index (χ2v) is 6.60. The number of aliphatic carboxylic acids is 2. The van der Waals surface area contributed by atoms with E-state index >= 15 is 0 Å². The van der Waals surface area contributed by atoms with E-state index < -0.39 is 11.9 Å². The summed E-state index contributed by atoms with van der Waals surface area (Å²) in [6, 6.07) is 15.1. The summed E-state index contributed by atoms with van der Waals surface area (Å²) in [6.07, 6.45) is 0. The van der Waals surface area contributed by atoms with Crippen LogP contribution >= 0.6 is 0 Å². The first-order valence-corrected chi connectivity index (χ1v) is 9.16. The number of ether oxygens (including phenoxy) is 1. The molecule has 2 aromatic carbocycles. The molecule has 1 aliphatic heterocycles. The normalized spacial score (nSPS) is 14.6. The minimum absolute atomic E-state index is 0.155. The number of benzene rings is 2. The van der Waals surface area contributed by atoms with E-state index in [1.807, 2.05) is 18.2 Å². The van der Waals surface area contributed by atoms with Gasteiger partial charge in [-0.15, -0.1) is 0 Å². The Bertz CT molecular complexity index is 810. The smallest absolute Gasteiger partial charge is 0.414 e. The zero-order valence-corrected chi connectivity index (χ0v) is 16.3. The van der Waals surface area contributed by atoms with Gasteiger partial charge in [-0.1, -0.05) is 30.3 Å². The van der Waals surface area contributed by atoms with Crippen molar-refractivity contribution in [3.63, 3.8) is 0 Å². The van der Waals surface area contributed by atoms with E-state index in [0.29, 0.717) is 0 Å². The second-order valence-electron chi connectivity index (χ2n) is 6.60. The number of carbonyl (C=O) groups is 2. The van der Waals surface area contributed by atoms with Crippen LogP contribution in [-0.2, 0) is 22.7 Å². The molecule has 3 rings (SSSR count). The van der Waals surface area contributed by atoms with Crippen LogP contribution in [0.4, 0.5) is 4.39 Å². The fraction of sp³-hybridized carbons (Fsp3) is 0.333. The van der Waals surface area contributed by atoms with E-state index in [2.05, 4.69) is 21.9 Å². The topological polar surface area (TPSA) is 90.3 Å². The molecule has 156 valence electrons. The average Bonchev–Trinajstić information content (AvgIpc) is 2.70. The summed E-state index contributed by atoms with van der Waals surface area (Å²) in [5.74, 6) is -2.85. The molecule has 29 heavy (non-hydrogen) atoms. The predicted octanol–water partition coefficient (Wildman–Crippen LogP) is 2.31. The number of hydrogen-bond acceptors (Lipinski definition) is 5. The van der Waals surface area contributed by atoms with Crippen LogP contribution in [0.1, 0.15) is 11.1 Å². The Morgan fingerprint density at radius 1 is 0.931 bits per heavy atom. The highest BCUT2D eigenvalue weighted by Crippen LogP contribution is 2.20. The lowest BCUT2D eigenvalue weighted by Crippen LogP contribution is -2.45. The second kappa shape index (κ2) is 11.1. The number of methoxy groups -OCH3 is 1.